The Bertz CT molecular complexity index is 460. The summed E-state index contributed by atoms with van der Waals surface area (Å²) in [7, 11) is 0. The van der Waals surface area contributed by atoms with Gasteiger partial charge in [-0.15, -0.1) is 5.10 Å². The van der Waals surface area contributed by atoms with Crippen LogP contribution in [0.5, 0.6) is 0 Å². The fourth-order valence-corrected chi connectivity index (χ4v) is 1.22. The molecule has 0 amide bonds. The number of aromatic nitrogens is 3. The first-order chi connectivity index (χ1) is 7.18. The van der Waals surface area contributed by atoms with E-state index in [9.17, 15) is 8.78 Å². The average molecular weight is 210 g/mol. The lowest BCUT2D eigenvalue weighted by Crippen LogP contribution is -2.09. The molecule has 2 rings (SSSR count). The molecule has 0 fully saturated rings. The van der Waals surface area contributed by atoms with E-state index >= 15 is 0 Å². The fraction of sp³-hybridized carbons (Fsp3) is 0.111. The Labute approximate surface area is 84.3 Å². The molecule has 0 aliphatic heterocycles. The molecule has 0 spiro atoms. The van der Waals surface area contributed by atoms with Crippen LogP contribution >= 0.6 is 0 Å². The second kappa shape index (κ2) is 3.64. The lowest BCUT2D eigenvalue weighted by molar-refractivity contribution is 0.530. The van der Waals surface area contributed by atoms with Gasteiger partial charge >= 0.3 is 0 Å². The van der Waals surface area contributed by atoms with E-state index < -0.39 is 11.6 Å². The molecule has 0 atom stereocenters. The topological polar surface area (TPSA) is 56.7 Å². The van der Waals surface area contributed by atoms with Crippen molar-refractivity contribution in [3.05, 3.63) is 41.6 Å². The molecule has 0 aliphatic rings. The smallest absolute Gasteiger partial charge is 0.142 e. The van der Waals surface area contributed by atoms with E-state index in [0.29, 0.717) is 0 Å². The molecule has 0 bridgehead atoms. The highest BCUT2D eigenvalue weighted by molar-refractivity contribution is 5.26. The highest BCUT2D eigenvalue weighted by atomic mass is 19.1. The van der Waals surface area contributed by atoms with E-state index in [1.165, 1.54) is 29.1 Å². The van der Waals surface area contributed by atoms with Crippen LogP contribution in [-0.4, -0.2) is 15.0 Å². The summed E-state index contributed by atoms with van der Waals surface area (Å²) >= 11 is 0. The predicted octanol–water partition coefficient (Wildman–Crippen LogP) is 1.19. The summed E-state index contributed by atoms with van der Waals surface area (Å²) in [6, 6.07) is 3.68. The highest BCUT2D eigenvalue weighted by Gasteiger charge is 2.10. The predicted molar refractivity (Wildman–Crippen MR) is 49.9 cm³/mol. The number of nitrogen functional groups attached to an aromatic ring is 1. The molecule has 0 saturated carbocycles. The van der Waals surface area contributed by atoms with Crippen LogP contribution in [-0.2, 0) is 6.54 Å². The maximum atomic E-state index is 13.2. The van der Waals surface area contributed by atoms with E-state index in [1.54, 1.807) is 0 Å². The molecular weight excluding hydrogens is 202 g/mol. The van der Waals surface area contributed by atoms with Crippen LogP contribution in [0.4, 0.5) is 14.6 Å². The quantitative estimate of drug-likeness (QED) is 0.809. The van der Waals surface area contributed by atoms with Crippen molar-refractivity contribution in [1.82, 2.24) is 15.0 Å². The number of nitrogens with zero attached hydrogens (tertiary/aromatic N) is 3. The molecule has 0 saturated heterocycles. The standard InChI is InChI=1S/C9H8F2N4/c10-7-2-1-3-8(11)6(7)5-15-9(12)4-13-14-15/h1-4H,5,12H2. The van der Waals surface area contributed by atoms with Gasteiger partial charge in [0.1, 0.15) is 17.5 Å². The minimum atomic E-state index is -0.620. The Morgan fingerprint density at radius 3 is 2.47 bits per heavy atom. The molecule has 1 aromatic carbocycles. The summed E-state index contributed by atoms with van der Waals surface area (Å²) in [5.41, 5.74) is 5.41. The minimum absolute atomic E-state index is 0.0651. The number of rotatable bonds is 2. The Kier molecular flexibility index (Phi) is 2.32. The molecular formula is C9H8F2N4. The van der Waals surface area contributed by atoms with Gasteiger partial charge in [0.2, 0.25) is 0 Å². The molecule has 78 valence electrons. The third-order valence-electron chi connectivity index (χ3n) is 2.02. The number of anilines is 1. The van der Waals surface area contributed by atoms with Crippen molar-refractivity contribution < 1.29 is 8.78 Å². The van der Waals surface area contributed by atoms with Crippen LogP contribution in [0.25, 0.3) is 0 Å². The number of hydrogen-bond donors (Lipinski definition) is 1. The minimum Gasteiger partial charge on any atom is -0.383 e. The third kappa shape index (κ3) is 1.78. The van der Waals surface area contributed by atoms with Crippen molar-refractivity contribution in [1.29, 1.82) is 0 Å². The second-order valence-electron chi connectivity index (χ2n) is 3.02. The van der Waals surface area contributed by atoms with Crippen molar-refractivity contribution in [2.75, 3.05) is 5.73 Å². The Hall–Kier alpha value is -1.98. The van der Waals surface area contributed by atoms with Crippen LogP contribution in [0.2, 0.25) is 0 Å². The third-order valence-corrected chi connectivity index (χ3v) is 2.02. The summed E-state index contributed by atoms with van der Waals surface area (Å²) in [6.45, 7) is -0.0651. The molecule has 1 heterocycles. The number of nitrogens with two attached hydrogens (primary N) is 1. The molecule has 2 aromatic rings. The van der Waals surface area contributed by atoms with Gasteiger partial charge in [0.25, 0.3) is 0 Å². The number of halogens is 2. The summed E-state index contributed by atoms with van der Waals surface area (Å²) in [5.74, 6) is -0.979. The lowest BCUT2D eigenvalue weighted by Gasteiger charge is -2.05. The summed E-state index contributed by atoms with van der Waals surface area (Å²) in [5, 5.41) is 7.12. The molecule has 1 aromatic heterocycles. The summed E-state index contributed by atoms with van der Waals surface area (Å²) in [6.07, 6.45) is 1.32. The van der Waals surface area contributed by atoms with Crippen LogP contribution < -0.4 is 5.73 Å². The maximum Gasteiger partial charge on any atom is 0.142 e. The van der Waals surface area contributed by atoms with Gasteiger partial charge in [-0.1, -0.05) is 11.3 Å². The van der Waals surface area contributed by atoms with Crippen molar-refractivity contribution in [2.45, 2.75) is 6.54 Å². The van der Waals surface area contributed by atoms with E-state index in [-0.39, 0.29) is 17.9 Å². The average Bonchev–Trinajstić information content (AvgIpc) is 2.58. The molecule has 0 unspecified atom stereocenters. The van der Waals surface area contributed by atoms with E-state index in [2.05, 4.69) is 10.3 Å². The van der Waals surface area contributed by atoms with Gasteiger partial charge in [-0.3, -0.25) is 0 Å². The second-order valence-corrected chi connectivity index (χ2v) is 3.02. The normalized spacial score (nSPS) is 10.5. The van der Waals surface area contributed by atoms with Gasteiger partial charge in [-0.25, -0.2) is 13.5 Å². The molecule has 0 aliphatic carbocycles. The Morgan fingerprint density at radius 1 is 1.27 bits per heavy atom. The van der Waals surface area contributed by atoms with Crippen molar-refractivity contribution in [3.63, 3.8) is 0 Å². The van der Waals surface area contributed by atoms with E-state index in [4.69, 9.17) is 5.73 Å². The van der Waals surface area contributed by atoms with Crippen molar-refractivity contribution >= 4 is 5.82 Å². The monoisotopic (exact) mass is 210 g/mol. The van der Waals surface area contributed by atoms with Crippen LogP contribution in [0, 0.1) is 11.6 Å². The largest absolute Gasteiger partial charge is 0.383 e. The van der Waals surface area contributed by atoms with Gasteiger partial charge < -0.3 is 5.73 Å². The molecule has 0 radical (unpaired) electrons. The van der Waals surface area contributed by atoms with Crippen LogP contribution in [0.3, 0.4) is 0 Å². The van der Waals surface area contributed by atoms with E-state index in [0.717, 1.165) is 0 Å². The first kappa shape index (κ1) is 9.57. The first-order valence-corrected chi connectivity index (χ1v) is 4.25. The lowest BCUT2D eigenvalue weighted by atomic mass is 10.2. The van der Waals surface area contributed by atoms with Crippen molar-refractivity contribution in [3.8, 4) is 0 Å². The van der Waals surface area contributed by atoms with Crippen LogP contribution in [0.15, 0.2) is 24.4 Å². The molecule has 15 heavy (non-hydrogen) atoms. The SMILES string of the molecule is Nc1cnnn1Cc1c(F)cccc1F. The number of hydrogen-bond acceptors (Lipinski definition) is 3. The van der Waals surface area contributed by atoms with Gasteiger partial charge in [0.05, 0.1) is 12.7 Å². The zero-order chi connectivity index (χ0) is 10.8. The Balaban J connectivity index is 2.36. The highest BCUT2D eigenvalue weighted by Crippen LogP contribution is 2.14. The number of benzene rings is 1. The molecule has 6 heteroatoms. The van der Waals surface area contributed by atoms with Crippen molar-refractivity contribution in [2.24, 2.45) is 0 Å². The van der Waals surface area contributed by atoms with Gasteiger partial charge in [-0.2, -0.15) is 0 Å². The van der Waals surface area contributed by atoms with E-state index in [1.807, 2.05) is 0 Å². The maximum absolute atomic E-state index is 13.2. The van der Waals surface area contributed by atoms with Crippen LogP contribution in [0.1, 0.15) is 5.56 Å². The zero-order valence-electron chi connectivity index (χ0n) is 7.69. The van der Waals surface area contributed by atoms with Gasteiger partial charge in [0.15, 0.2) is 0 Å². The summed E-state index contributed by atoms with van der Waals surface area (Å²) in [4.78, 5) is 0. The zero-order valence-corrected chi connectivity index (χ0v) is 7.69. The Morgan fingerprint density at radius 2 is 1.93 bits per heavy atom. The fourth-order valence-electron chi connectivity index (χ4n) is 1.22. The van der Waals surface area contributed by atoms with Gasteiger partial charge in [0, 0.05) is 5.56 Å². The molecule has 2 N–H and O–H groups in total. The summed E-state index contributed by atoms with van der Waals surface area (Å²) < 4.78 is 27.7. The molecule has 4 nitrogen and oxygen atoms in total. The van der Waals surface area contributed by atoms with Gasteiger partial charge in [-0.05, 0) is 12.1 Å². The first-order valence-electron chi connectivity index (χ1n) is 4.25.